The molecule has 3 rings (SSSR count). The molecule has 0 aliphatic carbocycles. The summed E-state index contributed by atoms with van der Waals surface area (Å²) < 4.78 is 6.39. The summed E-state index contributed by atoms with van der Waals surface area (Å²) in [6.45, 7) is 1.46. The van der Waals surface area contributed by atoms with Crippen molar-refractivity contribution in [2.75, 3.05) is 26.8 Å². The molecule has 0 bridgehead atoms. The monoisotopic (exact) mass is 305 g/mol. The molecule has 1 aliphatic rings. The molecule has 1 aromatic carbocycles. The number of ether oxygens (including phenoxy) is 1. The van der Waals surface area contributed by atoms with Crippen molar-refractivity contribution < 1.29 is 14.6 Å². The number of nitrogens with zero attached hydrogens (tertiary/aromatic N) is 1. The second-order valence-corrected chi connectivity index (χ2v) is 6.55. The highest BCUT2D eigenvalue weighted by atomic mass is 32.1. The Morgan fingerprint density at radius 1 is 1.38 bits per heavy atom. The highest BCUT2D eigenvalue weighted by Crippen LogP contribution is 2.28. The second-order valence-electron chi connectivity index (χ2n) is 5.64. The van der Waals surface area contributed by atoms with Crippen LogP contribution in [0.25, 0.3) is 10.1 Å². The number of hydrogen-bond donors (Lipinski definition) is 1. The van der Waals surface area contributed by atoms with E-state index in [1.165, 1.54) is 0 Å². The van der Waals surface area contributed by atoms with Gasteiger partial charge in [-0.25, -0.2) is 0 Å². The van der Waals surface area contributed by atoms with Gasteiger partial charge in [-0.3, -0.25) is 4.79 Å². The van der Waals surface area contributed by atoms with E-state index < -0.39 is 5.60 Å². The zero-order valence-electron chi connectivity index (χ0n) is 12.0. The Kier molecular flexibility index (Phi) is 3.97. The van der Waals surface area contributed by atoms with Crippen LogP contribution in [-0.4, -0.2) is 48.3 Å². The smallest absolute Gasteiger partial charge is 0.255 e. The maximum atomic E-state index is 12.6. The molecule has 0 unspecified atom stereocenters. The number of carbonyl (C=O) groups is 1. The zero-order valence-corrected chi connectivity index (χ0v) is 12.9. The molecule has 1 aliphatic heterocycles. The van der Waals surface area contributed by atoms with Gasteiger partial charge in [-0.15, -0.1) is 11.3 Å². The van der Waals surface area contributed by atoms with Crippen molar-refractivity contribution in [3.63, 3.8) is 0 Å². The van der Waals surface area contributed by atoms with Gasteiger partial charge in [0.15, 0.2) is 0 Å². The molecule has 1 N–H and O–H groups in total. The summed E-state index contributed by atoms with van der Waals surface area (Å²) in [5, 5.41) is 13.4. The van der Waals surface area contributed by atoms with Crippen LogP contribution in [0, 0.1) is 0 Å². The van der Waals surface area contributed by atoms with Crippen molar-refractivity contribution in [3.05, 3.63) is 35.2 Å². The van der Waals surface area contributed by atoms with E-state index in [-0.39, 0.29) is 5.91 Å². The lowest BCUT2D eigenvalue weighted by Gasteiger charge is -2.35. The Morgan fingerprint density at radius 3 is 2.86 bits per heavy atom. The maximum absolute atomic E-state index is 12.6. The van der Waals surface area contributed by atoms with E-state index >= 15 is 0 Å². The number of carbonyl (C=O) groups excluding carboxylic acids is 1. The topological polar surface area (TPSA) is 49.8 Å². The standard InChI is InChI=1S/C16H19NO3S/c1-17(11-16(19)6-8-20-9-7-16)15(18)13-10-21-14-5-3-2-4-12(13)14/h2-5,10,19H,6-9,11H2,1H3. The minimum absolute atomic E-state index is 0.0348. The van der Waals surface area contributed by atoms with E-state index in [1.807, 2.05) is 29.6 Å². The van der Waals surface area contributed by atoms with Gasteiger partial charge in [0.25, 0.3) is 5.91 Å². The molecule has 1 fully saturated rings. The highest BCUT2D eigenvalue weighted by molar-refractivity contribution is 7.17. The molecule has 0 saturated carbocycles. The molecule has 5 heteroatoms. The first kappa shape index (κ1) is 14.5. The Labute approximate surface area is 127 Å². The molecule has 0 atom stereocenters. The van der Waals surface area contributed by atoms with Crippen molar-refractivity contribution in [2.45, 2.75) is 18.4 Å². The van der Waals surface area contributed by atoms with Gasteiger partial charge < -0.3 is 14.7 Å². The first-order chi connectivity index (χ1) is 10.1. The van der Waals surface area contributed by atoms with Gasteiger partial charge >= 0.3 is 0 Å². The number of likely N-dealkylation sites (N-methyl/N-ethyl adjacent to an activating group) is 1. The molecule has 112 valence electrons. The largest absolute Gasteiger partial charge is 0.388 e. The average Bonchev–Trinajstić information content (AvgIpc) is 2.90. The molecule has 2 aromatic rings. The van der Waals surface area contributed by atoms with Crippen molar-refractivity contribution in [1.82, 2.24) is 4.90 Å². The summed E-state index contributed by atoms with van der Waals surface area (Å²) in [6.07, 6.45) is 1.16. The summed E-state index contributed by atoms with van der Waals surface area (Å²) >= 11 is 1.57. The van der Waals surface area contributed by atoms with Crippen LogP contribution in [0.3, 0.4) is 0 Å². The predicted molar refractivity (Wildman–Crippen MR) is 83.8 cm³/mol. The van der Waals surface area contributed by atoms with E-state index in [0.29, 0.717) is 38.2 Å². The molecule has 1 saturated heterocycles. The first-order valence-corrected chi connectivity index (χ1v) is 7.99. The van der Waals surface area contributed by atoms with E-state index in [9.17, 15) is 9.90 Å². The quantitative estimate of drug-likeness (QED) is 0.948. The van der Waals surface area contributed by atoms with Gasteiger partial charge in [0.05, 0.1) is 11.2 Å². The zero-order chi connectivity index (χ0) is 14.9. The minimum atomic E-state index is -0.825. The number of aliphatic hydroxyl groups is 1. The number of amides is 1. The fraction of sp³-hybridized carbons (Fsp3) is 0.438. The number of hydrogen-bond acceptors (Lipinski definition) is 4. The van der Waals surface area contributed by atoms with Crippen molar-refractivity contribution >= 4 is 27.3 Å². The third kappa shape index (κ3) is 2.95. The van der Waals surface area contributed by atoms with Gasteiger partial charge in [0.2, 0.25) is 0 Å². The lowest BCUT2D eigenvalue weighted by atomic mass is 9.93. The van der Waals surface area contributed by atoms with E-state index in [1.54, 1.807) is 23.3 Å². The fourth-order valence-electron chi connectivity index (χ4n) is 2.77. The van der Waals surface area contributed by atoms with Crippen LogP contribution in [0.2, 0.25) is 0 Å². The van der Waals surface area contributed by atoms with Gasteiger partial charge in [0, 0.05) is 55.1 Å². The van der Waals surface area contributed by atoms with Crippen LogP contribution in [0.15, 0.2) is 29.6 Å². The third-order valence-corrected chi connectivity index (χ3v) is 4.98. The van der Waals surface area contributed by atoms with Crippen molar-refractivity contribution in [1.29, 1.82) is 0 Å². The lowest BCUT2D eigenvalue weighted by Crippen LogP contribution is -2.47. The van der Waals surface area contributed by atoms with Gasteiger partial charge in [-0.1, -0.05) is 18.2 Å². The van der Waals surface area contributed by atoms with Crippen LogP contribution in [0.1, 0.15) is 23.2 Å². The molecule has 21 heavy (non-hydrogen) atoms. The molecule has 2 heterocycles. The fourth-order valence-corrected chi connectivity index (χ4v) is 3.71. The summed E-state index contributed by atoms with van der Waals surface area (Å²) in [6, 6.07) is 7.90. The average molecular weight is 305 g/mol. The summed E-state index contributed by atoms with van der Waals surface area (Å²) in [5.41, 5.74) is -0.108. The lowest BCUT2D eigenvalue weighted by molar-refractivity contribution is -0.0734. The Morgan fingerprint density at radius 2 is 2.10 bits per heavy atom. The van der Waals surface area contributed by atoms with Gasteiger partial charge in [0.1, 0.15) is 0 Å². The van der Waals surface area contributed by atoms with Crippen LogP contribution < -0.4 is 0 Å². The molecule has 0 spiro atoms. The van der Waals surface area contributed by atoms with Crippen LogP contribution in [0.5, 0.6) is 0 Å². The van der Waals surface area contributed by atoms with E-state index in [2.05, 4.69) is 0 Å². The van der Waals surface area contributed by atoms with Crippen LogP contribution in [0.4, 0.5) is 0 Å². The summed E-state index contributed by atoms with van der Waals surface area (Å²) in [7, 11) is 1.75. The Hall–Kier alpha value is -1.43. The van der Waals surface area contributed by atoms with Gasteiger partial charge in [-0.05, 0) is 6.07 Å². The molecule has 1 amide bonds. The number of benzene rings is 1. The van der Waals surface area contributed by atoms with Crippen molar-refractivity contribution in [3.8, 4) is 0 Å². The van der Waals surface area contributed by atoms with Crippen LogP contribution >= 0.6 is 11.3 Å². The molecular formula is C16H19NO3S. The van der Waals surface area contributed by atoms with Crippen molar-refractivity contribution in [2.24, 2.45) is 0 Å². The first-order valence-electron chi connectivity index (χ1n) is 7.11. The second kappa shape index (κ2) is 5.75. The number of thiophene rings is 1. The molecular weight excluding hydrogens is 286 g/mol. The summed E-state index contributed by atoms with van der Waals surface area (Å²) in [5.74, 6) is -0.0348. The predicted octanol–water partition coefficient (Wildman–Crippen LogP) is 2.51. The minimum Gasteiger partial charge on any atom is -0.388 e. The van der Waals surface area contributed by atoms with E-state index in [0.717, 1.165) is 10.1 Å². The summed E-state index contributed by atoms with van der Waals surface area (Å²) in [4.78, 5) is 14.3. The molecule has 1 aromatic heterocycles. The third-order valence-electron chi connectivity index (χ3n) is 4.01. The SMILES string of the molecule is CN(CC1(O)CCOCC1)C(=O)c1csc2ccccc12. The normalized spacial score (nSPS) is 17.8. The number of fused-ring (bicyclic) bond motifs is 1. The Bertz CT molecular complexity index is 646. The molecule has 4 nitrogen and oxygen atoms in total. The van der Waals surface area contributed by atoms with E-state index in [4.69, 9.17) is 4.74 Å². The van der Waals surface area contributed by atoms with Gasteiger partial charge in [-0.2, -0.15) is 0 Å². The maximum Gasteiger partial charge on any atom is 0.255 e. The molecule has 0 radical (unpaired) electrons. The van der Waals surface area contributed by atoms with Crippen LogP contribution in [-0.2, 0) is 4.74 Å². The Balaban J connectivity index is 1.78. The highest BCUT2D eigenvalue weighted by Gasteiger charge is 2.32. The number of rotatable bonds is 3.